The Kier molecular flexibility index (Phi) is 5.40. The van der Waals surface area contributed by atoms with Crippen LogP contribution < -0.4 is 10.1 Å². The van der Waals surface area contributed by atoms with E-state index >= 15 is 0 Å². The fourth-order valence-electron chi connectivity index (χ4n) is 1.95. The Hall–Kier alpha value is -2.44. The standard InChI is InChI=1S/C17H14ClN3O2S/c18-13-6-8-14(9-7-13)23-11-10-15(22)19-17-21-20-16(24-17)12-4-2-1-3-5-12/h1-9H,10-11H2,(H,19,21,22). The number of ether oxygens (including phenoxy) is 1. The van der Waals surface area contributed by atoms with E-state index in [4.69, 9.17) is 16.3 Å². The molecule has 24 heavy (non-hydrogen) atoms. The molecule has 1 N–H and O–H groups in total. The van der Waals surface area contributed by atoms with Gasteiger partial charge in [0.15, 0.2) is 0 Å². The molecule has 7 heteroatoms. The number of anilines is 1. The highest BCUT2D eigenvalue weighted by Gasteiger charge is 2.09. The van der Waals surface area contributed by atoms with E-state index in [0.717, 1.165) is 10.6 Å². The van der Waals surface area contributed by atoms with Crippen molar-refractivity contribution in [2.75, 3.05) is 11.9 Å². The number of nitrogens with one attached hydrogen (secondary N) is 1. The van der Waals surface area contributed by atoms with Gasteiger partial charge in [0.05, 0.1) is 13.0 Å². The fraction of sp³-hybridized carbons (Fsp3) is 0.118. The largest absolute Gasteiger partial charge is 0.493 e. The van der Waals surface area contributed by atoms with E-state index < -0.39 is 0 Å². The highest BCUT2D eigenvalue weighted by molar-refractivity contribution is 7.18. The number of hydrogen-bond donors (Lipinski definition) is 1. The molecule has 1 heterocycles. The molecule has 0 aliphatic heterocycles. The summed E-state index contributed by atoms with van der Waals surface area (Å²) in [5.41, 5.74) is 0.974. The minimum absolute atomic E-state index is 0.167. The van der Waals surface area contributed by atoms with Crippen molar-refractivity contribution >= 4 is 34.0 Å². The average Bonchev–Trinajstić information content (AvgIpc) is 3.06. The number of halogens is 1. The highest BCUT2D eigenvalue weighted by atomic mass is 35.5. The van der Waals surface area contributed by atoms with Crippen LogP contribution in [0.4, 0.5) is 5.13 Å². The van der Waals surface area contributed by atoms with Gasteiger partial charge in [-0.1, -0.05) is 53.3 Å². The van der Waals surface area contributed by atoms with Crippen LogP contribution in [0.2, 0.25) is 5.02 Å². The summed E-state index contributed by atoms with van der Waals surface area (Å²) >= 11 is 7.14. The first-order chi connectivity index (χ1) is 11.7. The number of amides is 1. The van der Waals surface area contributed by atoms with Gasteiger partial charge in [0.25, 0.3) is 0 Å². The maximum Gasteiger partial charge on any atom is 0.229 e. The lowest BCUT2D eigenvalue weighted by molar-refractivity contribution is -0.116. The first-order valence-corrected chi connectivity index (χ1v) is 8.47. The number of carbonyl (C=O) groups is 1. The molecule has 2 aromatic carbocycles. The molecular weight excluding hydrogens is 346 g/mol. The molecule has 1 amide bonds. The summed E-state index contributed by atoms with van der Waals surface area (Å²) in [4.78, 5) is 11.9. The Morgan fingerprint density at radius 3 is 2.58 bits per heavy atom. The number of aromatic nitrogens is 2. The number of rotatable bonds is 6. The van der Waals surface area contributed by atoms with Crippen molar-refractivity contribution in [1.29, 1.82) is 0 Å². The van der Waals surface area contributed by atoms with Crippen LogP contribution in [0.1, 0.15) is 6.42 Å². The van der Waals surface area contributed by atoms with Crippen molar-refractivity contribution in [2.45, 2.75) is 6.42 Å². The molecule has 0 saturated heterocycles. The predicted molar refractivity (Wildman–Crippen MR) is 95.5 cm³/mol. The zero-order valence-electron chi connectivity index (χ0n) is 12.6. The van der Waals surface area contributed by atoms with Gasteiger partial charge in [0, 0.05) is 10.6 Å². The Morgan fingerprint density at radius 2 is 1.83 bits per heavy atom. The van der Waals surface area contributed by atoms with Crippen molar-refractivity contribution in [3.8, 4) is 16.3 Å². The van der Waals surface area contributed by atoms with Gasteiger partial charge >= 0.3 is 0 Å². The summed E-state index contributed by atoms with van der Waals surface area (Å²) in [7, 11) is 0. The van der Waals surface area contributed by atoms with Crippen molar-refractivity contribution < 1.29 is 9.53 Å². The first kappa shape index (κ1) is 16.4. The number of nitrogens with zero attached hydrogens (tertiary/aromatic N) is 2. The third-order valence-electron chi connectivity index (χ3n) is 3.10. The summed E-state index contributed by atoms with van der Waals surface area (Å²) in [5, 5.41) is 12.7. The average molecular weight is 360 g/mol. The molecule has 3 rings (SSSR count). The molecule has 0 aliphatic carbocycles. The fourth-order valence-corrected chi connectivity index (χ4v) is 2.84. The molecule has 5 nitrogen and oxygen atoms in total. The second-order valence-electron chi connectivity index (χ2n) is 4.88. The van der Waals surface area contributed by atoms with Crippen LogP contribution >= 0.6 is 22.9 Å². The number of benzene rings is 2. The van der Waals surface area contributed by atoms with E-state index in [2.05, 4.69) is 15.5 Å². The lowest BCUT2D eigenvalue weighted by atomic mass is 10.2. The zero-order valence-corrected chi connectivity index (χ0v) is 14.2. The molecule has 0 saturated carbocycles. The molecule has 0 bridgehead atoms. The van der Waals surface area contributed by atoms with E-state index in [9.17, 15) is 4.79 Å². The van der Waals surface area contributed by atoms with Crippen LogP contribution in [0, 0.1) is 0 Å². The summed E-state index contributed by atoms with van der Waals surface area (Å²) in [6, 6.07) is 16.7. The van der Waals surface area contributed by atoms with Crippen molar-refractivity contribution in [3.63, 3.8) is 0 Å². The first-order valence-electron chi connectivity index (χ1n) is 7.28. The third kappa shape index (κ3) is 4.53. The van der Waals surface area contributed by atoms with Crippen LogP contribution in [0.3, 0.4) is 0 Å². The van der Waals surface area contributed by atoms with Crippen molar-refractivity contribution in [1.82, 2.24) is 10.2 Å². The SMILES string of the molecule is O=C(CCOc1ccc(Cl)cc1)Nc1nnc(-c2ccccc2)s1. The van der Waals surface area contributed by atoms with Crippen LogP contribution in [0.5, 0.6) is 5.75 Å². The van der Waals surface area contributed by atoms with Crippen LogP contribution in [-0.4, -0.2) is 22.7 Å². The molecule has 0 atom stereocenters. The summed E-state index contributed by atoms with van der Waals surface area (Å²) < 4.78 is 5.49. The Balaban J connectivity index is 1.48. The highest BCUT2D eigenvalue weighted by Crippen LogP contribution is 2.25. The predicted octanol–water partition coefficient (Wildman–Crippen LogP) is 4.27. The van der Waals surface area contributed by atoms with E-state index in [-0.39, 0.29) is 18.9 Å². The van der Waals surface area contributed by atoms with Gasteiger partial charge in [-0.05, 0) is 24.3 Å². The monoisotopic (exact) mass is 359 g/mol. The maximum atomic E-state index is 11.9. The van der Waals surface area contributed by atoms with Crippen LogP contribution in [0.15, 0.2) is 54.6 Å². The molecule has 1 aromatic heterocycles. The zero-order chi connectivity index (χ0) is 16.8. The van der Waals surface area contributed by atoms with E-state index in [1.807, 2.05) is 30.3 Å². The molecule has 0 aliphatic rings. The van der Waals surface area contributed by atoms with Crippen molar-refractivity contribution in [3.05, 3.63) is 59.6 Å². The molecule has 0 unspecified atom stereocenters. The molecule has 0 fully saturated rings. The minimum atomic E-state index is -0.167. The Morgan fingerprint density at radius 1 is 1.08 bits per heavy atom. The summed E-state index contributed by atoms with van der Waals surface area (Å²) in [6.45, 7) is 0.276. The summed E-state index contributed by atoms with van der Waals surface area (Å²) in [6.07, 6.45) is 0.225. The van der Waals surface area contributed by atoms with E-state index in [0.29, 0.717) is 15.9 Å². The van der Waals surface area contributed by atoms with Gasteiger partial charge in [-0.15, -0.1) is 10.2 Å². The minimum Gasteiger partial charge on any atom is -0.493 e. The lowest BCUT2D eigenvalue weighted by Crippen LogP contribution is -2.15. The maximum absolute atomic E-state index is 11.9. The van der Waals surface area contributed by atoms with E-state index in [1.54, 1.807) is 24.3 Å². The second kappa shape index (κ2) is 7.90. The van der Waals surface area contributed by atoms with Gasteiger partial charge in [0.1, 0.15) is 10.8 Å². The van der Waals surface area contributed by atoms with Crippen LogP contribution in [-0.2, 0) is 4.79 Å². The van der Waals surface area contributed by atoms with Crippen molar-refractivity contribution in [2.24, 2.45) is 0 Å². The normalized spacial score (nSPS) is 10.4. The van der Waals surface area contributed by atoms with Crippen LogP contribution in [0.25, 0.3) is 10.6 Å². The number of carbonyl (C=O) groups excluding carboxylic acids is 1. The van der Waals surface area contributed by atoms with Gasteiger partial charge in [-0.2, -0.15) is 0 Å². The third-order valence-corrected chi connectivity index (χ3v) is 4.24. The molecule has 3 aromatic rings. The Bertz CT molecular complexity index is 806. The van der Waals surface area contributed by atoms with Gasteiger partial charge in [0.2, 0.25) is 11.0 Å². The molecular formula is C17H14ClN3O2S. The van der Waals surface area contributed by atoms with Gasteiger partial charge in [-0.3, -0.25) is 4.79 Å². The molecule has 0 spiro atoms. The quantitative estimate of drug-likeness (QED) is 0.714. The lowest BCUT2D eigenvalue weighted by Gasteiger charge is -2.05. The second-order valence-corrected chi connectivity index (χ2v) is 6.29. The molecule has 122 valence electrons. The number of hydrogen-bond acceptors (Lipinski definition) is 5. The van der Waals surface area contributed by atoms with Gasteiger partial charge < -0.3 is 10.1 Å². The topological polar surface area (TPSA) is 64.1 Å². The van der Waals surface area contributed by atoms with Gasteiger partial charge in [-0.25, -0.2) is 0 Å². The molecule has 0 radical (unpaired) electrons. The van der Waals surface area contributed by atoms with E-state index in [1.165, 1.54) is 11.3 Å². The summed E-state index contributed by atoms with van der Waals surface area (Å²) in [5.74, 6) is 0.509. The Labute approximate surface area is 148 Å². The smallest absolute Gasteiger partial charge is 0.229 e.